The molecule has 0 aliphatic heterocycles. The standard InChI is InChI=1S/C19H16ClNO4/c1-2-23-16-6-4-3-5-15(16)19(22)24-12-18-21-11-17(25-18)13-7-9-14(20)10-8-13/h3-11H,2,12H2,1H3. The van der Waals surface area contributed by atoms with E-state index in [-0.39, 0.29) is 6.61 Å². The molecule has 1 heterocycles. The smallest absolute Gasteiger partial charge is 0.342 e. The van der Waals surface area contributed by atoms with Crippen LogP contribution in [0.25, 0.3) is 11.3 Å². The van der Waals surface area contributed by atoms with Gasteiger partial charge in [0.1, 0.15) is 11.3 Å². The van der Waals surface area contributed by atoms with Crippen LogP contribution < -0.4 is 4.74 Å². The van der Waals surface area contributed by atoms with E-state index in [1.165, 1.54) is 0 Å². The lowest BCUT2D eigenvalue weighted by atomic mass is 10.2. The third-order valence-corrected chi connectivity index (χ3v) is 3.67. The van der Waals surface area contributed by atoms with Gasteiger partial charge in [-0.3, -0.25) is 0 Å². The number of nitrogens with zero attached hydrogens (tertiary/aromatic N) is 1. The van der Waals surface area contributed by atoms with Crippen molar-refractivity contribution < 1.29 is 18.7 Å². The average molecular weight is 358 g/mol. The second kappa shape index (κ2) is 7.85. The molecule has 0 unspecified atom stereocenters. The molecule has 0 N–H and O–H groups in total. The van der Waals surface area contributed by atoms with E-state index in [0.717, 1.165) is 5.56 Å². The number of ether oxygens (including phenoxy) is 2. The molecular formula is C19H16ClNO4. The zero-order chi connectivity index (χ0) is 17.6. The summed E-state index contributed by atoms with van der Waals surface area (Å²) < 4.78 is 16.3. The Morgan fingerprint density at radius 1 is 1.16 bits per heavy atom. The Morgan fingerprint density at radius 3 is 2.68 bits per heavy atom. The topological polar surface area (TPSA) is 61.6 Å². The van der Waals surface area contributed by atoms with Gasteiger partial charge >= 0.3 is 5.97 Å². The van der Waals surface area contributed by atoms with Gasteiger partial charge in [-0.05, 0) is 43.3 Å². The summed E-state index contributed by atoms with van der Waals surface area (Å²) in [5.74, 6) is 0.893. The van der Waals surface area contributed by atoms with Crippen LogP contribution in [0.5, 0.6) is 5.75 Å². The fraction of sp³-hybridized carbons (Fsp3) is 0.158. The van der Waals surface area contributed by atoms with Crippen molar-refractivity contribution in [3.05, 3.63) is 71.2 Å². The SMILES string of the molecule is CCOc1ccccc1C(=O)OCc1ncc(-c2ccc(Cl)cc2)o1. The number of rotatable bonds is 6. The van der Waals surface area contributed by atoms with Crippen LogP contribution in [0, 0.1) is 0 Å². The van der Waals surface area contributed by atoms with Crippen molar-refractivity contribution in [2.75, 3.05) is 6.61 Å². The van der Waals surface area contributed by atoms with Crippen molar-refractivity contribution in [3.8, 4) is 17.1 Å². The van der Waals surface area contributed by atoms with Crippen molar-refractivity contribution >= 4 is 17.6 Å². The third-order valence-electron chi connectivity index (χ3n) is 3.42. The maximum atomic E-state index is 12.2. The summed E-state index contributed by atoms with van der Waals surface area (Å²) in [5, 5.41) is 0.644. The molecule has 25 heavy (non-hydrogen) atoms. The van der Waals surface area contributed by atoms with Crippen molar-refractivity contribution in [3.63, 3.8) is 0 Å². The van der Waals surface area contributed by atoms with Crippen LogP contribution in [0.1, 0.15) is 23.2 Å². The molecule has 0 radical (unpaired) electrons. The summed E-state index contributed by atoms with van der Waals surface area (Å²) in [7, 11) is 0. The lowest BCUT2D eigenvalue weighted by Gasteiger charge is -2.08. The molecule has 6 heteroatoms. The molecule has 0 spiro atoms. The van der Waals surface area contributed by atoms with Crippen LogP contribution in [0.15, 0.2) is 59.1 Å². The first-order chi connectivity index (χ1) is 12.2. The molecule has 1 aromatic heterocycles. The predicted molar refractivity (Wildman–Crippen MR) is 93.7 cm³/mol. The van der Waals surface area contributed by atoms with Gasteiger partial charge in [-0.15, -0.1) is 0 Å². The van der Waals surface area contributed by atoms with Gasteiger partial charge in [0.2, 0.25) is 5.89 Å². The summed E-state index contributed by atoms with van der Waals surface area (Å²) in [6, 6.07) is 14.1. The number of carbonyl (C=O) groups is 1. The number of esters is 1. The largest absolute Gasteiger partial charge is 0.493 e. The molecule has 3 rings (SSSR count). The first-order valence-corrected chi connectivity index (χ1v) is 8.14. The minimum absolute atomic E-state index is 0.0626. The van der Waals surface area contributed by atoms with E-state index in [1.54, 1.807) is 42.6 Å². The summed E-state index contributed by atoms with van der Waals surface area (Å²) in [6.07, 6.45) is 1.58. The fourth-order valence-corrected chi connectivity index (χ4v) is 2.37. The molecule has 0 atom stereocenters. The molecule has 5 nitrogen and oxygen atoms in total. The van der Waals surface area contributed by atoms with E-state index in [9.17, 15) is 4.79 Å². The molecular weight excluding hydrogens is 342 g/mol. The highest BCUT2D eigenvalue weighted by Crippen LogP contribution is 2.23. The van der Waals surface area contributed by atoms with Gasteiger partial charge in [0.25, 0.3) is 0 Å². The number of aromatic nitrogens is 1. The number of para-hydroxylation sites is 1. The van der Waals surface area contributed by atoms with Crippen LogP contribution in [0.3, 0.4) is 0 Å². The van der Waals surface area contributed by atoms with Crippen molar-refractivity contribution in [2.24, 2.45) is 0 Å². The van der Waals surface area contributed by atoms with E-state index in [2.05, 4.69) is 4.98 Å². The van der Waals surface area contributed by atoms with E-state index < -0.39 is 5.97 Å². The molecule has 0 aliphatic carbocycles. The summed E-state index contributed by atoms with van der Waals surface area (Å²) in [5.41, 5.74) is 1.21. The number of carbonyl (C=O) groups excluding carboxylic acids is 1. The number of oxazole rings is 1. The second-order valence-electron chi connectivity index (χ2n) is 5.13. The van der Waals surface area contributed by atoms with Crippen LogP contribution >= 0.6 is 11.6 Å². The Hall–Kier alpha value is -2.79. The number of hydrogen-bond acceptors (Lipinski definition) is 5. The van der Waals surface area contributed by atoms with E-state index >= 15 is 0 Å². The van der Waals surface area contributed by atoms with Gasteiger partial charge in [0.15, 0.2) is 12.4 Å². The summed E-state index contributed by atoms with van der Waals surface area (Å²) in [6.45, 7) is 2.26. The second-order valence-corrected chi connectivity index (χ2v) is 5.57. The zero-order valence-electron chi connectivity index (χ0n) is 13.6. The normalized spacial score (nSPS) is 10.5. The number of hydrogen-bond donors (Lipinski definition) is 0. The Balaban J connectivity index is 1.66. The first-order valence-electron chi connectivity index (χ1n) is 7.77. The zero-order valence-corrected chi connectivity index (χ0v) is 14.3. The van der Waals surface area contributed by atoms with Gasteiger partial charge < -0.3 is 13.9 Å². The highest BCUT2D eigenvalue weighted by Gasteiger charge is 2.15. The number of halogens is 1. The Labute approximate surface area is 150 Å². The molecule has 0 fully saturated rings. The molecule has 0 amide bonds. The van der Waals surface area contributed by atoms with Gasteiger partial charge in [0, 0.05) is 10.6 Å². The molecule has 0 bridgehead atoms. The predicted octanol–water partition coefficient (Wildman–Crippen LogP) is 4.75. The lowest BCUT2D eigenvalue weighted by molar-refractivity contribution is 0.0434. The van der Waals surface area contributed by atoms with Crippen molar-refractivity contribution in [1.82, 2.24) is 4.98 Å². The maximum Gasteiger partial charge on any atom is 0.342 e. The Kier molecular flexibility index (Phi) is 5.36. The molecule has 0 saturated heterocycles. The lowest BCUT2D eigenvalue weighted by Crippen LogP contribution is -2.08. The van der Waals surface area contributed by atoms with Gasteiger partial charge in [-0.25, -0.2) is 9.78 Å². The minimum atomic E-state index is -0.490. The highest BCUT2D eigenvalue weighted by molar-refractivity contribution is 6.30. The third kappa shape index (κ3) is 4.19. The van der Waals surface area contributed by atoms with Gasteiger partial charge in [-0.1, -0.05) is 23.7 Å². The van der Waals surface area contributed by atoms with Crippen molar-refractivity contribution in [2.45, 2.75) is 13.5 Å². The average Bonchev–Trinajstić information content (AvgIpc) is 3.10. The van der Waals surface area contributed by atoms with Crippen LogP contribution in [0.4, 0.5) is 0 Å². The van der Waals surface area contributed by atoms with Gasteiger partial charge in [0.05, 0.1) is 12.8 Å². The highest BCUT2D eigenvalue weighted by atomic mass is 35.5. The van der Waals surface area contributed by atoms with Crippen molar-refractivity contribution in [1.29, 1.82) is 0 Å². The van der Waals surface area contributed by atoms with Crippen LogP contribution in [-0.2, 0) is 11.3 Å². The Bertz CT molecular complexity index is 858. The first kappa shape index (κ1) is 17.0. The van der Waals surface area contributed by atoms with Gasteiger partial charge in [-0.2, -0.15) is 0 Å². The van der Waals surface area contributed by atoms with E-state index in [4.69, 9.17) is 25.5 Å². The maximum absolute atomic E-state index is 12.2. The van der Waals surface area contributed by atoms with Crippen LogP contribution in [-0.4, -0.2) is 17.6 Å². The number of benzene rings is 2. The summed E-state index contributed by atoms with van der Waals surface area (Å²) in [4.78, 5) is 16.4. The minimum Gasteiger partial charge on any atom is -0.493 e. The van der Waals surface area contributed by atoms with E-state index in [0.29, 0.717) is 34.6 Å². The Morgan fingerprint density at radius 2 is 1.92 bits per heavy atom. The molecule has 0 saturated carbocycles. The van der Waals surface area contributed by atoms with Crippen LogP contribution in [0.2, 0.25) is 5.02 Å². The molecule has 0 aliphatic rings. The molecule has 128 valence electrons. The van der Waals surface area contributed by atoms with E-state index in [1.807, 2.05) is 19.1 Å². The monoisotopic (exact) mass is 357 g/mol. The summed E-state index contributed by atoms with van der Waals surface area (Å²) >= 11 is 5.87. The molecule has 3 aromatic rings. The molecule has 2 aromatic carbocycles. The fourth-order valence-electron chi connectivity index (χ4n) is 2.25. The quantitative estimate of drug-likeness (QED) is 0.596.